The van der Waals surface area contributed by atoms with Gasteiger partial charge in [-0.15, -0.1) is 11.3 Å². The maximum Gasteiger partial charge on any atom is 0.274 e. The molecule has 1 amide bonds. The molecular formula is C19H21N5OS. The summed E-state index contributed by atoms with van der Waals surface area (Å²) < 4.78 is 1.93. The van der Waals surface area contributed by atoms with Crippen molar-refractivity contribution >= 4 is 22.2 Å². The number of thiazole rings is 1. The van der Waals surface area contributed by atoms with Crippen LogP contribution in [0.25, 0.3) is 4.96 Å². The zero-order valence-electron chi connectivity index (χ0n) is 14.5. The molecule has 26 heavy (non-hydrogen) atoms. The van der Waals surface area contributed by atoms with Crippen molar-refractivity contribution in [3.8, 4) is 0 Å². The van der Waals surface area contributed by atoms with Gasteiger partial charge in [-0.05, 0) is 30.9 Å². The number of piperidine rings is 1. The number of pyridine rings is 1. The Hall–Kier alpha value is -2.25. The van der Waals surface area contributed by atoms with Gasteiger partial charge < -0.3 is 4.90 Å². The van der Waals surface area contributed by atoms with Gasteiger partial charge in [0.05, 0.1) is 5.69 Å². The first kappa shape index (κ1) is 16.0. The summed E-state index contributed by atoms with van der Waals surface area (Å²) in [6, 6.07) is 6.48. The number of carbonyl (C=O) groups is 1. The monoisotopic (exact) mass is 367 g/mol. The summed E-state index contributed by atoms with van der Waals surface area (Å²) in [5.74, 6) is 0.600. The average molecular weight is 367 g/mol. The second-order valence-electron chi connectivity index (χ2n) is 7.28. The van der Waals surface area contributed by atoms with E-state index in [1.165, 1.54) is 6.42 Å². The van der Waals surface area contributed by atoms with Crippen LogP contribution < -0.4 is 0 Å². The molecule has 3 aliphatic rings. The van der Waals surface area contributed by atoms with Crippen LogP contribution in [-0.4, -0.2) is 55.8 Å². The van der Waals surface area contributed by atoms with E-state index in [1.54, 1.807) is 11.3 Å². The van der Waals surface area contributed by atoms with Gasteiger partial charge in [-0.2, -0.15) is 0 Å². The van der Waals surface area contributed by atoms with Crippen molar-refractivity contribution in [2.45, 2.75) is 25.4 Å². The normalized spacial score (nSPS) is 23.5. The summed E-state index contributed by atoms with van der Waals surface area (Å²) in [7, 11) is 0. The highest BCUT2D eigenvalue weighted by Crippen LogP contribution is 2.29. The van der Waals surface area contributed by atoms with Gasteiger partial charge in [0.1, 0.15) is 5.69 Å². The molecule has 0 saturated carbocycles. The van der Waals surface area contributed by atoms with Crippen molar-refractivity contribution in [2.24, 2.45) is 5.92 Å². The van der Waals surface area contributed by atoms with E-state index in [4.69, 9.17) is 0 Å². The molecule has 7 heteroatoms. The summed E-state index contributed by atoms with van der Waals surface area (Å²) in [6.07, 6.45) is 8.01. The number of amides is 1. The lowest BCUT2D eigenvalue weighted by Crippen LogP contribution is -2.44. The third kappa shape index (κ3) is 2.91. The summed E-state index contributed by atoms with van der Waals surface area (Å²) >= 11 is 1.56. The minimum absolute atomic E-state index is 0.0671. The average Bonchev–Trinajstić information content (AvgIpc) is 3.14. The minimum Gasteiger partial charge on any atom is -0.335 e. The molecular weight excluding hydrogens is 346 g/mol. The molecule has 3 aromatic heterocycles. The molecule has 0 spiro atoms. The van der Waals surface area contributed by atoms with Gasteiger partial charge >= 0.3 is 0 Å². The van der Waals surface area contributed by atoms with E-state index in [1.807, 2.05) is 45.4 Å². The fourth-order valence-corrected chi connectivity index (χ4v) is 4.93. The lowest BCUT2D eigenvalue weighted by atomic mass is 9.95. The second-order valence-corrected chi connectivity index (χ2v) is 8.15. The molecule has 6 rings (SSSR count). The molecule has 134 valence electrons. The SMILES string of the molecule is O=C(c1cn2ccsc2n1)N1C[C@H]2CC[C@@H](C1)N(Cc1ccccn1)C2. The van der Waals surface area contributed by atoms with Crippen LogP contribution in [0, 0.1) is 5.92 Å². The molecule has 3 fully saturated rings. The topological polar surface area (TPSA) is 53.7 Å². The predicted octanol–water partition coefficient (Wildman–Crippen LogP) is 2.53. The van der Waals surface area contributed by atoms with E-state index < -0.39 is 0 Å². The molecule has 3 saturated heterocycles. The number of hydrogen-bond acceptors (Lipinski definition) is 5. The van der Waals surface area contributed by atoms with Crippen molar-refractivity contribution in [2.75, 3.05) is 19.6 Å². The van der Waals surface area contributed by atoms with Crippen LogP contribution in [0.15, 0.2) is 42.2 Å². The number of rotatable bonds is 3. The Morgan fingerprint density at radius 2 is 2.19 bits per heavy atom. The minimum atomic E-state index is 0.0671. The Labute approximate surface area is 156 Å². The predicted molar refractivity (Wildman–Crippen MR) is 100 cm³/mol. The van der Waals surface area contributed by atoms with Crippen molar-refractivity contribution in [1.29, 1.82) is 0 Å². The van der Waals surface area contributed by atoms with E-state index in [0.717, 1.165) is 43.3 Å². The highest BCUT2D eigenvalue weighted by atomic mass is 32.1. The summed E-state index contributed by atoms with van der Waals surface area (Å²) in [4.78, 5) is 27.4. The molecule has 3 aliphatic heterocycles. The molecule has 0 aromatic carbocycles. The largest absolute Gasteiger partial charge is 0.335 e. The molecule has 6 nitrogen and oxygen atoms in total. The van der Waals surface area contributed by atoms with Crippen molar-refractivity contribution < 1.29 is 4.79 Å². The zero-order chi connectivity index (χ0) is 17.5. The first-order valence-electron chi connectivity index (χ1n) is 9.12. The lowest BCUT2D eigenvalue weighted by molar-refractivity contribution is 0.0730. The molecule has 3 aromatic rings. The Morgan fingerprint density at radius 1 is 1.23 bits per heavy atom. The van der Waals surface area contributed by atoms with Crippen LogP contribution >= 0.6 is 11.3 Å². The van der Waals surface area contributed by atoms with Crippen LogP contribution in [0.3, 0.4) is 0 Å². The van der Waals surface area contributed by atoms with Gasteiger partial charge in [0.2, 0.25) is 0 Å². The molecule has 2 atom stereocenters. The smallest absolute Gasteiger partial charge is 0.274 e. The maximum atomic E-state index is 13.0. The fourth-order valence-electron chi connectivity index (χ4n) is 4.23. The van der Waals surface area contributed by atoms with E-state index in [9.17, 15) is 4.79 Å². The molecule has 2 bridgehead atoms. The fraction of sp³-hybridized carbons (Fsp3) is 0.421. The van der Waals surface area contributed by atoms with Crippen LogP contribution in [0.4, 0.5) is 0 Å². The highest BCUT2D eigenvalue weighted by Gasteiger charge is 2.37. The number of hydrogen-bond donors (Lipinski definition) is 0. The number of nitrogens with zero attached hydrogens (tertiary/aromatic N) is 5. The van der Waals surface area contributed by atoms with Crippen molar-refractivity contribution in [3.63, 3.8) is 0 Å². The molecule has 0 aliphatic carbocycles. The number of fused-ring (bicyclic) bond motifs is 5. The van der Waals surface area contributed by atoms with E-state index in [2.05, 4.69) is 20.9 Å². The second kappa shape index (κ2) is 6.48. The van der Waals surface area contributed by atoms with Crippen molar-refractivity contribution in [1.82, 2.24) is 24.2 Å². The maximum absolute atomic E-state index is 13.0. The van der Waals surface area contributed by atoms with E-state index in [0.29, 0.717) is 17.7 Å². The first-order chi connectivity index (χ1) is 12.8. The lowest BCUT2D eigenvalue weighted by Gasteiger charge is -2.35. The first-order valence-corrected chi connectivity index (χ1v) is 9.99. The van der Waals surface area contributed by atoms with Gasteiger partial charge in [0.25, 0.3) is 5.91 Å². The van der Waals surface area contributed by atoms with Gasteiger partial charge in [0, 0.05) is 56.2 Å². The Morgan fingerprint density at radius 3 is 3.04 bits per heavy atom. The Balaban J connectivity index is 1.34. The van der Waals surface area contributed by atoms with Gasteiger partial charge in [-0.1, -0.05) is 6.07 Å². The van der Waals surface area contributed by atoms with Gasteiger partial charge in [0.15, 0.2) is 4.96 Å². The zero-order valence-corrected chi connectivity index (χ0v) is 15.3. The summed E-state index contributed by atoms with van der Waals surface area (Å²) in [5.41, 5.74) is 1.67. The standard InChI is InChI=1S/C19H21N5OS/c25-18(17-13-22-7-8-26-19(22)21-17)24-10-14-4-5-16(12-24)23(9-14)11-15-3-1-2-6-20-15/h1-3,6-8,13-14,16H,4-5,9-12H2/t14-,16-/m0/s1. The molecule has 0 N–H and O–H groups in total. The van der Waals surface area contributed by atoms with Crippen molar-refractivity contribution in [3.05, 3.63) is 53.6 Å². The molecule has 0 unspecified atom stereocenters. The number of carbonyl (C=O) groups excluding carboxylic acids is 1. The third-order valence-electron chi connectivity index (χ3n) is 5.52. The highest BCUT2D eigenvalue weighted by molar-refractivity contribution is 7.15. The van der Waals surface area contributed by atoms with Crippen LogP contribution in [0.1, 0.15) is 29.0 Å². The summed E-state index contributed by atoms with van der Waals surface area (Å²) in [5, 5.41) is 1.98. The van der Waals surface area contributed by atoms with E-state index >= 15 is 0 Å². The molecule has 6 heterocycles. The van der Waals surface area contributed by atoms with Gasteiger partial charge in [-0.3, -0.25) is 19.1 Å². The Kier molecular flexibility index (Phi) is 3.98. The van der Waals surface area contributed by atoms with Crippen LogP contribution in [0.5, 0.6) is 0 Å². The van der Waals surface area contributed by atoms with Crippen LogP contribution in [-0.2, 0) is 6.54 Å². The number of aromatic nitrogens is 3. The van der Waals surface area contributed by atoms with Crippen LogP contribution in [0.2, 0.25) is 0 Å². The third-order valence-corrected chi connectivity index (χ3v) is 6.29. The van der Waals surface area contributed by atoms with Gasteiger partial charge in [-0.25, -0.2) is 4.98 Å². The number of imidazole rings is 1. The summed E-state index contributed by atoms with van der Waals surface area (Å²) in [6.45, 7) is 3.53. The quantitative estimate of drug-likeness (QED) is 0.714. The Bertz CT molecular complexity index is 892. The molecule has 0 radical (unpaired) electrons. The van der Waals surface area contributed by atoms with E-state index in [-0.39, 0.29) is 5.91 Å².